The summed E-state index contributed by atoms with van der Waals surface area (Å²) in [6.07, 6.45) is 21.6. The molecule has 0 atom stereocenters. The molecular formula is C58H88N6O4S. The Labute approximate surface area is 419 Å². The third-order valence-electron chi connectivity index (χ3n) is 12.8. The molecule has 0 saturated carbocycles. The number of hydrogen-bond donors (Lipinski definition) is 0. The Bertz CT molecular complexity index is 2040. The molecule has 4 aromatic rings. The molecule has 0 amide bonds. The van der Waals surface area contributed by atoms with Gasteiger partial charge in [-0.2, -0.15) is 10.2 Å². The summed E-state index contributed by atoms with van der Waals surface area (Å²) < 4.78 is 41.2. The predicted octanol–water partition coefficient (Wildman–Crippen LogP) is 15.0. The van der Waals surface area contributed by atoms with E-state index in [4.69, 9.17) is 19.7 Å². The Morgan fingerprint density at radius 2 is 0.754 bits per heavy atom. The number of benzene rings is 4. The number of ether oxygens (including phenoxy) is 2. The number of nitrogens with zero attached hydrogens (tertiary/aromatic N) is 6. The van der Waals surface area contributed by atoms with E-state index >= 15 is 0 Å². The maximum absolute atomic E-state index is 14.2. The van der Waals surface area contributed by atoms with Crippen molar-refractivity contribution < 1.29 is 17.9 Å². The van der Waals surface area contributed by atoms with E-state index in [-0.39, 0.29) is 9.79 Å². The van der Waals surface area contributed by atoms with E-state index in [0.717, 1.165) is 149 Å². The lowest BCUT2D eigenvalue weighted by Crippen LogP contribution is -2.22. The van der Waals surface area contributed by atoms with Crippen LogP contribution >= 0.6 is 0 Å². The van der Waals surface area contributed by atoms with Crippen LogP contribution in [-0.4, -0.2) is 73.3 Å². The molecule has 4 rings (SSSR count). The van der Waals surface area contributed by atoms with Crippen LogP contribution in [0.3, 0.4) is 0 Å². The van der Waals surface area contributed by atoms with Crippen molar-refractivity contribution in [3.05, 3.63) is 96.1 Å². The van der Waals surface area contributed by atoms with E-state index < -0.39 is 9.84 Å². The summed E-state index contributed by atoms with van der Waals surface area (Å²) in [6.45, 7) is 24.0. The van der Waals surface area contributed by atoms with Gasteiger partial charge in [0.25, 0.3) is 0 Å². The lowest BCUT2D eigenvalue weighted by atomic mass is 10.1. The zero-order valence-corrected chi connectivity index (χ0v) is 44.7. The van der Waals surface area contributed by atoms with Crippen molar-refractivity contribution >= 4 is 45.0 Å². The van der Waals surface area contributed by atoms with Gasteiger partial charge >= 0.3 is 0 Å². The van der Waals surface area contributed by atoms with Crippen LogP contribution in [-0.2, 0) is 9.84 Å². The molecule has 10 nitrogen and oxygen atoms in total. The fourth-order valence-electron chi connectivity index (χ4n) is 8.38. The van der Waals surface area contributed by atoms with Crippen molar-refractivity contribution in [2.24, 2.45) is 10.2 Å². The Balaban J connectivity index is 1.59. The van der Waals surface area contributed by atoms with E-state index in [2.05, 4.69) is 102 Å². The summed E-state index contributed by atoms with van der Waals surface area (Å²) in [5, 5.41) is 14.0. The number of hydrazone groups is 2. The van der Waals surface area contributed by atoms with Crippen LogP contribution in [0.5, 0.6) is 11.5 Å². The molecule has 0 saturated heterocycles. The molecule has 0 aliphatic carbocycles. The van der Waals surface area contributed by atoms with Gasteiger partial charge in [-0.05, 0) is 126 Å². The van der Waals surface area contributed by atoms with Gasteiger partial charge in [-0.25, -0.2) is 8.42 Å². The fraction of sp³-hybridized carbons (Fsp3) is 0.552. The van der Waals surface area contributed by atoms with Crippen LogP contribution in [0, 0.1) is 0 Å². The van der Waals surface area contributed by atoms with Crippen molar-refractivity contribution in [3.63, 3.8) is 0 Å². The quantitative estimate of drug-likeness (QED) is 0.0253. The van der Waals surface area contributed by atoms with Crippen LogP contribution < -0.4 is 29.3 Å². The van der Waals surface area contributed by atoms with Crippen LogP contribution in [0.25, 0.3) is 0 Å². The molecular weight excluding hydrogens is 877 g/mol. The molecule has 380 valence electrons. The smallest absolute Gasteiger partial charge is 0.206 e. The first-order valence-electron chi connectivity index (χ1n) is 26.8. The third kappa shape index (κ3) is 18.3. The van der Waals surface area contributed by atoms with Crippen molar-refractivity contribution in [2.45, 2.75) is 168 Å². The predicted molar refractivity (Wildman–Crippen MR) is 296 cm³/mol. The summed E-state index contributed by atoms with van der Waals surface area (Å²) in [6, 6.07) is 27.1. The van der Waals surface area contributed by atoms with Gasteiger partial charge in [-0.1, -0.05) is 105 Å². The van der Waals surface area contributed by atoms with Gasteiger partial charge in [-0.3, -0.25) is 10.0 Å². The normalized spacial score (nSPS) is 11.7. The summed E-state index contributed by atoms with van der Waals surface area (Å²) in [7, 11) is -3.81. The number of unbranched alkanes of at least 4 members (excludes halogenated alkanes) is 12. The van der Waals surface area contributed by atoms with Crippen molar-refractivity contribution in [1.82, 2.24) is 0 Å². The highest BCUT2D eigenvalue weighted by atomic mass is 32.2. The van der Waals surface area contributed by atoms with Crippen LogP contribution in [0.1, 0.15) is 169 Å². The van der Waals surface area contributed by atoms with Gasteiger partial charge in [0.05, 0.1) is 46.8 Å². The van der Waals surface area contributed by atoms with Gasteiger partial charge in [0.1, 0.15) is 11.5 Å². The molecule has 0 aliphatic heterocycles. The van der Waals surface area contributed by atoms with Gasteiger partial charge in [0.2, 0.25) is 9.84 Å². The molecule has 0 aromatic heterocycles. The molecule has 0 heterocycles. The van der Waals surface area contributed by atoms with Crippen LogP contribution in [0.2, 0.25) is 0 Å². The maximum atomic E-state index is 14.2. The van der Waals surface area contributed by atoms with Gasteiger partial charge in [-0.15, -0.1) is 0 Å². The van der Waals surface area contributed by atoms with Gasteiger partial charge in [0.15, 0.2) is 0 Å². The van der Waals surface area contributed by atoms with Crippen molar-refractivity contribution in [3.8, 4) is 11.5 Å². The second-order valence-electron chi connectivity index (χ2n) is 18.0. The first-order valence-corrected chi connectivity index (χ1v) is 28.3. The highest BCUT2D eigenvalue weighted by Crippen LogP contribution is 2.30. The number of rotatable bonds is 36. The first-order chi connectivity index (χ1) is 33.7. The summed E-state index contributed by atoms with van der Waals surface area (Å²) >= 11 is 0. The summed E-state index contributed by atoms with van der Waals surface area (Å²) in [5.41, 5.74) is 5.79. The minimum Gasteiger partial charge on any atom is -0.493 e. The van der Waals surface area contributed by atoms with E-state index in [9.17, 15) is 8.42 Å². The Hall–Kier alpha value is -5.03. The van der Waals surface area contributed by atoms with Crippen molar-refractivity contribution in [2.75, 3.05) is 72.3 Å². The lowest BCUT2D eigenvalue weighted by molar-refractivity contribution is 0.304. The van der Waals surface area contributed by atoms with E-state index in [1.807, 2.05) is 46.7 Å². The molecule has 0 spiro atoms. The Morgan fingerprint density at radius 1 is 0.420 bits per heavy atom. The van der Waals surface area contributed by atoms with E-state index in [1.165, 1.54) is 25.7 Å². The first kappa shape index (κ1) is 56.6. The number of sulfone groups is 1. The molecule has 69 heavy (non-hydrogen) atoms. The molecule has 11 heteroatoms. The van der Waals surface area contributed by atoms with E-state index in [1.54, 1.807) is 24.3 Å². The molecule has 0 N–H and O–H groups in total. The van der Waals surface area contributed by atoms with Gasteiger partial charge < -0.3 is 19.3 Å². The highest BCUT2D eigenvalue weighted by Gasteiger charge is 2.20. The standard InChI is InChI=1S/C58H88N6O4S/c1-9-17-21-25-41-63(59-47-49-29-31-53(61(13-5)14-6)45-57(49)67-43-27-23-19-11-3)51-33-37-55(38-34-51)69(65,66)56-39-35-52(36-40-56)64(42-26-22-18-10-2)60-48-50-30-32-54(62(15-7)16-8)46-58(50)68-44-28-24-20-12-4/h29-40,45-48H,9-28,41-44H2,1-8H3. The molecule has 0 aliphatic rings. The second-order valence-corrected chi connectivity index (χ2v) is 19.9. The number of anilines is 4. The fourth-order valence-corrected chi connectivity index (χ4v) is 9.64. The molecule has 4 aromatic carbocycles. The minimum absolute atomic E-state index is 0.240. The molecule has 0 fully saturated rings. The third-order valence-corrected chi connectivity index (χ3v) is 14.6. The van der Waals surface area contributed by atoms with Gasteiger partial charge in [0, 0.05) is 73.9 Å². The highest BCUT2D eigenvalue weighted by molar-refractivity contribution is 7.91. The monoisotopic (exact) mass is 965 g/mol. The maximum Gasteiger partial charge on any atom is 0.206 e. The molecule has 0 radical (unpaired) electrons. The average Bonchev–Trinajstić information content (AvgIpc) is 3.37. The average molecular weight is 965 g/mol. The topological polar surface area (TPSA) is 90.3 Å². The van der Waals surface area contributed by atoms with Crippen molar-refractivity contribution in [1.29, 1.82) is 0 Å². The largest absolute Gasteiger partial charge is 0.493 e. The van der Waals surface area contributed by atoms with Crippen LogP contribution in [0.15, 0.2) is 105 Å². The van der Waals surface area contributed by atoms with E-state index in [0.29, 0.717) is 26.3 Å². The Kier molecular flexibility index (Phi) is 26.2. The Morgan fingerprint density at radius 3 is 1.09 bits per heavy atom. The zero-order chi connectivity index (χ0) is 49.7. The second kappa shape index (κ2) is 32.0. The lowest BCUT2D eigenvalue weighted by Gasteiger charge is -2.23. The zero-order valence-electron chi connectivity index (χ0n) is 43.9. The SMILES string of the molecule is CCCCCCOc1cc(N(CC)CC)ccc1C=NN(CCCCCC)c1ccc(S(=O)(=O)c2ccc(N(CCCCCC)N=Cc3ccc(N(CC)CC)cc3OCCCCCC)cc2)cc1. The minimum atomic E-state index is -3.81. The summed E-state index contributed by atoms with van der Waals surface area (Å²) in [5.74, 6) is 1.66. The van der Waals surface area contributed by atoms with Crippen LogP contribution in [0.4, 0.5) is 22.7 Å². The number of hydrogen-bond acceptors (Lipinski definition) is 10. The molecule has 0 bridgehead atoms. The summed E-state index contributed by atoms with van der Waals surface area (Å²) in [4.78, 5) is 5.13. The molecule has 0 unspecified atom stereocenters.